The predicted octanol–water partition coefficient (Wildman–Crippen LogP) is 4.93. The number of aromatic nitrogens is 2. The standard InChI is InChI=1S/C24H26ClFN4O4/c1-5-21(30-11-22(31)33-12-24(30,2)3)34-20-9-15-18(10-19(20)32-4)27-13-28-23(15)29-14-6-7-17(26)16(25)8-14/h6-10,13,21H,5,11-12H2,1-4H3,(H,27,28,29). The average Bonchev–Trinajstić information content (AvgIpc) is 2.81. The second-order valence-corrected chi connectivity index (χ2v) is 8.99. The van der Waals surface area contributed by atoms with Gasteiger partial charge in [0.15, 0.2) is 17.7 Å². The number of benzene rings is 2. The summed E-state index contributed by atoms with van der Waals surface area (Å²) >= 11 is 5.92. The third-order valence-corrected chi connectivity index (χ3v) is 6.02. The first-order valence-corrected chi connectivity index (χ1v) is 11.2. The summed E-state index contributed by atoms with van der Waals surface area (Å²) in [5.74, 6) is 0.680. The van der Waals surface area contributed by atoms with Gasteiger partial charge in [0, 0.05) is 17.1 Å². The van der Waals surface area contributed by atoms with Gasteiger partial charge in [-0.2, -0.15) is 0 Å². The van der Waals surface area contributed by atoms with E-state index in [0.717, 1.165) is 0 Å². The van der Waals surface area contributed by atoms with Crippen LogP contribution in [0.15, 0.2) is 36.7 Å². The van der Waals surface area contributed by atoms with Gasteiger partial charge >= 0.3 is 5.97 Å². The van der Waals surface area contributed by atoms with E-state index < -0.39 is 17.6 Å². The van der Waals surface area contributed by atoms with Gasteiger partial charge < -0.3 is 19.5 Å². The number of hydrogen-bond acceptors (Lipinski definition) is 8. The number of esters is 1. The summed E-state index contributed by atoms with van der Waals surface area (Å²) in [6.45, 7) is 6.41. The van der Waals surface area contributed by atoms with Crippen LogP contribution in [0.25, 0.3) is 10.9 Å². The Bertz CT molecular complexity index is 1220. The summed E-state index contributed by atoms with van der Waals surface area (Å²) in [5, 5.41) is 3.83. The largest absolute Gasteiger partial charge is 0.493 e. The van der Waals surface area contributed by atoms with E-state index in [4.69, 9.17) is 25.8 Å². The first-order chi connectivity index (χ1) is 16.2. The van der Waals surface area contributed by atoms with Crippen LogP contribution >= 0.6 is 11.6 Å². The molecule has 180 valence electrons. The Morgan fingerprint density at radius 3 is 2.76 bits per heavy atom. The maximum absolute atomic E-state index is 13.6. The first kappa shape index (κ1) is 24.0. The minimum absolute atomic E-state index is 0.00233. The molecule has 1 saturated heterocycles. The van der Waals surface area contributed by atoms with Gasteiger partial charge in [-0.25, -0.2) is 19.3 Å². The van der Waals surface area contributed by atoms with Crippen molar-refractivity contribution in [2.75, 3.05) is 25.6 Å². The van der Waals surface area contributed by atoms with Crippen molar-refractivity contribution in [3.63, 3.8) is 0 Å². The summed E-state index contributed by atoms with van der Waals surface area (Å²) < 4.78 is 30.8. The summed E-state index contributed by atoms with van der Waals surface area (Å²) in [7, 11) is 1.55. The molecule has 0 spiro atoms. The Kier molecular flexibility index (Phi) is 6.77. The van der Waals surface area contributed by atoms with Crippen molar-refractivity contribution in [2.45, 2.75) is 39.0 Å². The predicted molar refractivity (Wildman–Crippen MR) is 127 cm³/mol. The molecule has 10 heteroatoms. The number of halogens is 2. The van der Waals surface area contributed by atoms with E-state index >= 15 is 0 Å². The lowest BCUT2D eigenvalue weighted by Crippen LogP contribution is -2.60. The SMILES string of the molecule is CCC(Oc1cc2c(Nc3ccc(F)c(Cl)c3)ncnc2cc1OC)N1CC(=O)OCC1(C)C. The highest BCUT2D eigenvalue weighted by Crippen LogP contribution is 2.37. The molecule has 1 aliphatic heterocycles. The number of methoxy groups -OCH3 is 1. The van der Waals surface area contributed by atoms with Gasteiger partial charge in [-0.1, -0.05) is 18.5 Å². The molecule has 1 atom stereocenters. The quantitative estimate of drug-likeness (QED) is 0.469. The molecule has 0 aliphatic carbocycles. The fraction of sp³-hybridized carbons (Fsp3) is 0.375. The molecule has 1 unspecified atom stereocenters. The maximum Gasteiger partial charge on any atom is 0.320 e. The van der Waals surface area contributed by atoms with Crippen molar-refractivity contribution in [3.8, 4) is 11.5 Å². The Hall–Kier alpha value is -3.17. The van der Waals surface area contributed by atoms with E-state index in [1.807, 2.05) is 25.7 Å². The lowest BCUT2D eigenvalue weighted by molar-refractivity contribution is -0.171. The molecule has 0 amide bonds. The fourth-order valence-electron chi connectivity index (χ4n) is 3.87. The fourth-order valence-corrected chi connectivity index (χ4v) is 4.05. The van der Waals surface area contributed by atoms with Gasteiger partial charge in [-0.05, 0) is 44.5 Å². The van der Waals surface area contributed by atoms with E-state index in [2.05, 4.69) is 15.3 Å². The number of cyclic esters (lactones) is 1. The number of anilines is 2. The Labute approximate surface area is 202 Å². The molecule has 0 bridgehead atoms. The van der Waals surface area contributed by atoms with Crippen LogP contribution in [0.4, 0.5) is 15.9 Å². The number of morpholine rings is 1. The topological polar surface area (TPSA) is 85.8 Å². The molecule has 1 aromatic heterocycles. The summed E-state index contributed by atoms with van der Waals surface area (Å²) in [4.78, 5) is 22.7. The normalized spacial score (nSPS) is 16.7. The molecule has 2 aromatic carbocycles. The lowest BCUT2D eigenvalue weighted by Gasteiger charge is -2.44. The number of ether oxygens (including phenoxy) is 3. The van der Waals surface area contributed by atoms with Crippen molar-refractivity contribution < 1.29 is 23.4 Å². The lowest BCUT2D eigenvalue weighted by atomic mass is 10.0. The van der Waals surface area contributed by atoms with E-state index in [1.165, 1.54) is 18.5 Å². The van der Waals surface area contributed by atoms with E-state index in [9.17, 15) is 9.18 Å². The highest BCUT2D eigenvalue weighted by Gasteiger charge is 2.40. The highest BCUT2D eigenvalue weighted by atomic mass is 35.5. The van der Waals surface area contributed by atoms with Gasteiger partial charge in [0.1, 0.15) is 31.1 Å². The minimum atomic E-state index is -0.504. The third kappa shape index (κ3) is 4.85. The Morgan fingerprint density at radius 1 is 1.26 bits per heavy atom. The molecule has 1 fully saturated rings. The van der Waals surface area contributed by atoms with Gasteiger partial charge in [0.05, 0.1) is 23.2 Å². The van der Waals surface area contributed by atoms with Crippen LogP contribution < -0.4 is 14.8 Å². The zero-order chi connectivity index (χ0) is 24.5. The zero-order valence-corrected chi connectivity index (χ0v) is 20.1. The molecule has 3 aromatic rings. The van der Waals surface area contributed by atoms with Crippen LogP contribution in [0.2, 0.25) is 5.02 Å². The molecule has 2 heterocycles. The Balaban J connectivity index is 1.71. The molecule has 4 rings (SSSR count). The molecule has 0 radical (unpaired) electrons. The number of rotatable bonds is 7. The third-order valence-electron chi connectivity index (χ3n) is 5.73. The second kappa shape index (κ2) is 9.60. The van der Waals surface area contributed by atoms with Crippen LogP contribution in [-0.2, 0) is 9.53 Å². The smallest absolute Gasteiger partial charge is 0.320 e. The molecule has 8 nitrogen and oxygen atoms in total. The Morgan fingerprint density at radius 2 is 2.06 bits per heavy atom. The molecule has 0 saturated carbocycles. The number of carbonyl (C=O) groups is 1. The van der Waals surface area contributed by atoms with Crippen molar-refractivity contribution in [3.05, 3.63) is 47.5 Å². The van der Waals surface area contributed by atoms with Crippen molar-refractivity contribution in [1.29, 1.82) is 0 Å². The zero-order valence-electron chi connectivity index (χ0n) is 19.4. The summed E-state index contributed by atoms with van der Waals surface area (Å²) in [6, 6.07) is 7.89. The number of hydrogen-bond donors (Lipinski definition) is 1. The van der Waals surface area contributed by atoms with Crippen LogP contribution in [0.5, 0.6) is 11.5 Å². The maximum atomic E-state index is 13.6. The van der Waals surface area contributed by atoms with Gasteiger partial charge in [0.2, 0.25) is 0 Å². The van der Waals surface area contributed by atoms with Crippen LogP contribution in [0.1, 0.15) is 27.2 Å². The number of carbonyl (C=O) groups excluding carboxylic acids is 1. The van der Waals surface area contributed by atoms with Gasteiger partial charge in [-0.15, -0.1) is 0 Å². The average molecular weight is 489 g/mol. The number of nitrogens with zero attached hydrogens (tertiary/aromatic N) is 3. The van der Waals surface area contributed by atoms with E-state index in [-0.39, 0.29) is 24.1 Å². The van der Waals surface area contributed by atoms with Gasteiger partial charge in [-0.3, -0.25) is 4.79 Å². The van der Waals surface area contributed by atoms with E-state index in [0.29, 0.717) is 40.3 Å². The van der Waals surface area contributed by atoms with Crippen molar-refractivity contribution in [2.24, 2.45) is 0 Å². The number of fused-ring (bicyclic) bond motifs is 1. The van der Waals surface area contributed by atoms with E-state index in [1.54, 1.807) is 25.3 Å². The van der Waals surface area contributed by atoms with Gasteiger partial charge in [0.25, 0.3) is 0 Å². The van der Waals surface area contributed by atoms with Crippen LogP contribution in [-0.4, -0.2) is 52.9 Å². The summed E-state index contributed by atoms with van der Waals surface area (Å²) in [6.07, 6.45) is 1.65. The number of nitrogens with one attached hydrogen (secondary N) is 1. The van der Waals surface area contributed by atoms with Crippen LogP contribution in [0, 0.1) is 5.82 Å². The first-order valence-electron chi connectivity index (χ1n) is 10.9. The van der Waals surface area contributed by atoms with Crippen LogP contribution in [0.3, 0.4) is 0 Å². The highest BCUT2D eigenvalue weighted by molar-refractivity contribution is 6.31. The molecular weight excluding hydrogens is 463 g/mol. The molecule has 1 N–H and O–H groups in total. The monoisotopic (exact) mass is 488 g/mol. The molecule has 34 heavy (non-hydrogen) atoms. The molecular formula is C24H26ClFN4O4. The van der Waals surface area contributed by atoms with Crippen molar-refractivity contribution in [1.82, 2.24) is 14.9 Å². The molecule has 1 aliphatic rings. The summed E-state index contributed by atoms with van der Waals surface area (Å²) in [5.41, 5.74) is 0.811. The van der Waals surface area contributed by atoms with Crippen molar-refractivity contribution >= 4 is 40.0 Å². The minimum Gasteiger partial charge on any atom is -0.493 e. The second-order valence-electron chi connectivity index (χ2n) is 8.58.